The van der Waals surface area contributed by atoms with Crippen molar-refractivity contribution in [2.45, 2.75) is 13.0 Å². The number of pyridine rings is 1. The number of fused-ring (bicyclic) bond motifs is 1. The molecule has 0 fully saturated rings. The summed E-state index contributed by atoms with van der Waals surface area (Å²) in [5, 5.41) is 14.7. The van der Waals surface area contributed by atoms with Crippen LogP contribution >= 0.6 is 0 Å². The van der Waals surface area contributed by atoms with Crippen molar-refractivity contribution in [2.75, 3.05) is 11.9 Å². The van der Waals surface area contributed by atoms with E-state index < -0.39 is 17.9 Å². The Labute approximate surface area is 115 Å². The van der Waals surface area contributed by atoms with Gasteiger partial charge >= 0.3 is 11.8 Å². The molecule has 2 amide bonds. The van der Waals surface area contributed by atoms with E-state index in [4.69, 9.17) is 5.11 Å². The number of rotatable bonds is 3. The molecule has 0 spiro atoms. The number of nitrogens with one attached hydrogen (secondary N) is 2. The zero-order chi connectivity index (χ0) is 14.5. The van der Waals surface area contributed by atoms with Crippen LogP contribution in [0.2, 0.25) is 0 Å². The number of carbonyl (C=O) groups is 2. The van der Waals surface area contributed by atoms with Gasteiger partial charge in [0.15, 0.2) is 0 Å². The molecule has 0 radical (unpaired) electrons. The third-order valence-corrected chi connectivity index (χ3v) is 2.66. The van der Waals surface area contributed by atoms with Crippen molar-refractivity contribution in [2.24, 2.45) is 0 Å². The summed E-state index contributed by atoms with van der Waals surface area (Å²) in [5.74, 6) is -1.56. The van der Waals surface area contributed by atoms with Crippen LogP contribution in [0.5, 0.6) is 0 Å². The fourth-order valence-corrected chi connectivity index (χ4v) is 1.71. The van der Waals surface area contributed by atoms with Crippen LogP contribution in [-0.4, -0.2) is 34.6 Å². The van der Waals surface area contributed by atoms with Crippen LogP contribution in [0.3, 0.4) is 0 Å². The lowest BCUT2D eigenvalue weighted by atomic mass is 10.2. The minimum absolute atomic E-state index is 0.0311. The number of benzene rings is 1. The molecule has 6 nitrogen and oxygen atoms in total. The zero-order valence-electron chi connectivity index (χ0n) is 11.0. The Morgan fingerprint density at radius 1 is 1.25 bits per heavy atom. The van der Waals surface area contributed by atoms with Gasteiger partial charge in [0.05, 0.1) is 17.3 Å². The highest BCUT2D eigenvalue weighted by Gasteiger charge is 2.15. The zero-order valence-corrected chi connectivity index (χ0v) is 11.0. The summed E-state index contributed by atoms with van der Waals surface area (Å²) in [7, 11) is 0. The predicted octanol–water partition coefficient (Wildman–Crippen LogP) is 0.670. The van der Waals surface area contributed by atoms with Gasteiger partial charge in [-0.15, -0.1) is 0 Å². The Bertz CT molecular complexity index is 635. The average molecular weight is 273 g/mol. The van der Waals surface area contributed by atoms with Gasteiger partial charge in [-0.1, -0.05) is 6.07 Å². The highest BCUT2D eigenvalue weighted by atomic mass is 16.3. The molecular weight excluding hydrogens is 258 g/mol. The molecule has 0 aliphatic carbocycles. The molecule has 0 bridgehead atoms. The molecule has 0 saturated carbocycles. The van der Waals surface area contributed by atoms with Gasteiger partial charge in [0, 0.05) is 18.1 Å². The van der Waals surface area contributed by atoms with Gasteiger partial charge < -0.3 is 15.7 Å². The molecular formula is C14H15N3O3. The van der Waals surface area contributed by atoms with Crippen molar-refractivity contribution in [3.8, 4) is 0 Å². The van der Waals surface area contributed by atoms with E-state index in [-0.39, 0.29) is 6.54 Å². The van der Waals surface area contributed by atoms with E-state index in [1.165, 1.54) is 6.92 Å². The van der Waals surface area contributed by atoms with Crippen LogP contribution in [-0.2, 0) is 9.59 Å². The topological polar surface area (TPSA) is 91.3 Å². The van der Waals surface area contributed by atoms with E-state index in [1.807, 2.05) is 12.1 Å². The Kier molecular flexibility index (Phi) is 4.27. The third-order valence-electron chi connectivity index (χ3n) is 2.66. The highest BCUT2D eigenvalue weighted by molar-refractivity contribution is 6.40. The standard InChI is InChI=1S/C14H15N3O3/c1-9(18)8-16-13(19)14(20)17-12-6-2-5-11-10(12)4-3-7-15-11/h2-7,9,18H,8H2,1H3,(H,16,19)(H,17,20)/t9-/m1/s1. The summed E-state index contributed by atoms with van der Waals surface area (Å²) in [6.45, 7) is 1.55. The number of nitrogens with zero attached hydrogens (tertiary/aromatic N) is 1. The Balaban J connectivity index is 2.12. The van der Waals surface area contributed by atoms with Crippen molar-refractivity contribution in [1.29, 1.82) is 0 Å². The summed E-state index contributed by atoms with van der Waals surface area (Å²) >= 11 is 0. The van der Waals surface area contributed by atoms with Crippen molar-refractivity contribution < 1.29 is 14.7 Å². The molecule has 0 aliphatic heterocycles. The van der Waals surface area contributed by atoms with E-state index in [0.717, 1.165) is 10.9 Å². The minimum atomic E-state index is -0.785. The summed E-state index contributed by atoms with van der Waals surface area (Å²) in [6, 6.07) is 8.83. The number of hydrogen-bond acceptors (Lipinski definition) is 4. The second-order valence-electron chi connectivity index (χ2n) is 4.39. The van der Waals surface area contributed by atoms with Gasteiger partial charge in [0.25, 0.3) is 0 Å². The van der Waals surface area contributed by atoms with Crippen molar-refractivity contribution in [3.05, 3.63) is 36.5 Å². The van der Waals surface area contributed by atoms with Crippen LogP contribution in [0.25, 0.3) is 10.9 Å². The van der Waals surface area contributed by atoms with E-state index >= 15 is 0 Å². The number of aliphatic hydroxyl groups excluding tert-OH is 1. The summed E-state index contributed by atoms with van der Waals surface area (Å²) in [4.78, 5) is 27.5. The highest BCUT2D eigenvalue weighted by Crippen LogP contribution is 2.20. The predicted molar refractivity (Wildman–Crippen MR) is 75.1 cm³/mol. The molecule has 0 unspecified atom stereocenters. The Morgan fingerprint density at radius 3 is 2.80 bits per heavy atom. The maximum Gasteiger partial charge on any atom is 0.313 e. The Morgan fingerprint density at radius 2 is 2.05 bits per heavy atom. The number of aromatic nitrogens is 1. The fourth-order valence-electron chi connectivity index (χ4n) is 1.71. The lowest BCUT2D eigenvalue weighted by Gasteiger charge is -2.09. The van der Waals surface area contributed by atoms with Crippen molar-refractivity contribution in [3.63, 3.8) is 0 Å². The second kappa shape index (κ2) is 6.12. The summed E-state index contributed by atoms with van der Waals surface area (Å²) in [6.07, 6.45) is 0.956. The van der Waals surface area contributed by atoms with Gasteiger partial charge in [-0.25, -0.2) is 0 Å². The number of hydrogen-bond donors (Lipinski definition) is 3. The quantitative estimate of drug-likeness (QED) is 0.717. The molecule has 1 aromatic carbocycles. The third kappa shape index (κ3) is 3.30. The largest absolute Gasteiger partial charge is 0.392 e. The second-order valence-corrected chi connectivity index (χ2v) is 4.39. The Hall–Kier alpha value is -2.47. The molecule has 3 N–H and O–H groups in total. The summed E-state index contributed by atoms with van der Waals surface area (Å²) in [5.41, 5.74) is 1.25. The van der Waals surface area contributed by atoms with Gasteiger partial charge in [-0.05, 0) is 31.2 Å². The first kappa shape index (κ1) is 14.0. The first-order valence-electron chi connectivity index (χ1n) is 6.19. The number of anilines is 1. The van der Waals surface area contributed by atoms with Gasteiger partial charge in [-0.3, -0.25) is 14.6 Å². The van der Waals surface area contributed by atoms with Gasteiger partial charge in [-0.2, -0.15) is 0 Å². The van der Waals surface area contributed by atoms with Crippen LogP contribution in [0.4, 0.5) is 5.69 Å². The summed E-state index contributed by atoms with van der Waals surface area (Å²) < 4.78 is 0. The van der Waals surface area contributed by atoms with Crippen LogP contribution in [0, 0.1) is 0 Å². The minimum Gasteiger partial charge on any atom is -0.392 e. The molecule has 0 saturated heterocycles. The van der Waals surface area contributed by atoms with Crippen LogP contribution < -0.4 is 10.6 Å². The van der Waals surface area contributed by atoms with Gasteiger partial charge in [0.2, 0.25) is 0 Å². The molecule has 104 valence electrons. The average Bonchev–Trinajstić information content (AvgIpc) is 2.45. The number of amides is 2. The maximum atomic E-state index is 11.7. The van der Waals surface area contributed by atoms with E-state index in [9.17, 15) is 9.59 Å². The molecule has 2 aromatic rings. The normalized spacial score (nSPS) is 11.9. The van der Waals surface area contributed by atoms with E-state index in [0.29, 0.717) is 5.69 Å². The molecule has 20 heavy (non-hydrogen) atoms. The fraction of sp³-hybridized carbons (Fsp3) is 0.214. The van der Waals surface area contributed by atoms with E-state index in [2.05, 4.69) is 15.6 Å². The first-order valence-corrected chi connectivity index (χ1v) is 6.19. The molecule has 1 heterocycles. The molecule has 1 atom stereocenters. The number of aliphatic hydroxyl groups is 1. The van der Waals surface area contributed by atoms with Crippen molar-refractivity contribution >= 4 is 28.4 Å². The van der Waals surface area contributed by atoms with Gasteiger partial charge in [0.1, 0.15) is 0 Å². The smallest absolute Gasteiger partial charge is 0.313 e. The molecule has 0 aliphatic rings. The number of carbonyl (C=O) groups excluding carboxylic acids is 2. The van der Waals surface area contributed by atoms with E-state index in [1.54, 1.807) is 24.4 Å². The maximum absolute atomic E-state index is 11.7. The van der Waals surface area contributed by atoms with Crippen LogP contribution in [0.1, 0.15) is 6.92 Å². The van der Waals surface area contributed by atoms with Crippen LogP contribution in [0.15, 0.2) is 36.5 Å². The van der Waals surface area contributed by atoms with Crippen molar-refractivity contribution in [1.82, 2.24) is 10.3 Å². The molecule has 6 heteroatoms. The first-order chi connectivity index (χ1) is 9.58. The molecule has 1 aromatic heterocycles. The SMILES string of the molecule is C[C@@H](O)CNC(=O)C(=O)Nc1cccc2ncccc12. The lowest BCUT2D eigenvalue weighted by molar-refractivity contribution is -0.136. The molecule has 2 rings (SSSR count). The monoisotopic (exact) mass is 273 g/mol. The lowest BCUT2D eigenvalue weighted by Crippen LogP contribution is -2.38.